The quantitative estimate of drug-likeness (QED) is 0.0440. The van der Waals surface area contributed by atoms with Gasteiger partial charge in [-0.1, -0.05) is 12.1 Å². The highest BCUT2D eigenvalue weighted by atomic mass is 16.6. The molecule has 1 fully saturated rings. The van der Waals surface area contributed by atoms with Crippen LogP contribution in [0.15, 0.2) is 85.7 Å². The molecular weight excluding hydrogens is 973 g/mol. The number of carbonyl (C=O) groups is 2. The van der Waals surface area contributed by atoms with E-state index in [2.05, 4.69) is 101 Å². The normalized spacial score (nSPS) is 12.2. The summed E-state index contributed by atoms with van der Waals surface area (Å²) in [6.07, 6.45) is 5.97. The molecule has 2 aromatic carbocycles. The van der Waals surface area contributed by atoms with Crippen LogP contribution in [0.25, 0.3) is 22.8 Å². The first-order chi connectivity index (χ1) is 36.2. The van der Waals surface area contributed by atoms with Crippen molar-refractivity contribution in [3.63, 3.8) is 0 Å². The number of aryl methyl sites for hydroxylation is 4. The number of carbonyl (C=O) groups excluding carboxylic acids is 2. The summed E-state index contributed by atoms with van der Waals surface area (Å²) in [5.74, 6) is 4.92. The van der Waals surface area contributed by atoms with Gasteiger partial charge in [0.2, 0.25) is 0 Å². The smallest absolute Gasteiger partial charge is 0.254 e. The Morgan fingerprint density at radius 2 is 1.18 bits per heavy atom. The first-order valence-electron chi connectivity index (χ1n) is 23.9. The van der Waals surface area contributed by atoms with Gasteiger partial charge in [0.15, 0.2) is 23.1 Å². The Kier molecular flexibility index (Phi) is 17.1. The number of rotatable bonds is 16. The highest BCUT2D eigenvalue weighted by Crippen LogP contribution is 2.39. The number of nitrogens with one attached hydrogen (secondary N) is 7. The minimum Gasteiger partial charge on any atom is -0.494 e. The highest BCUT2D eigenvalue weighted by molar-refractivity contribution is 6.01. The summed E-state index contributed by atoms with van der Waals surface area (Å²) in [6.45, 7) is 16.2. The third-order valence-electron chi connectivity index (χ3n) is 10.9. The number of aromatic nitrogens is 12. The number of epoxide rings is 1. The average molecular weight is 1040 g/mol. The maximum absolute atomic E-state index is 12.6. The van der Waals surface area contributed by atoms with Gasteiger partial charge in [-0.2, -0.15) is 10.2 Å². The second-order valence-corrected chi connectivity index (χ2v) is 18.5. The molecule has 0 aliphatic carbocycles. The van der Waals surface area contributed by atoms with Crippen molar-refractivity contribution in [1.82, 2.24) is 70.5 Å². The fraction of sp³-hybridized carbons (Fsp3) is 0.308. The molecule has 1 saturated heterocycles. The van der Waals surface area contributed by atoms with Crippen molar-refractivity contribution in [3.8, 4) is 34.3 Å². The predicted octanol–water partition coefficient (Wildman–Crippen LogP) is 7.30. The van der Waals surface area contributed by atoms with E-state index < -0.39 is 5.60 Å². The zero-order chi connectivity index (χ0) is 54.7. The number of methoxy groups -OCH3 is 2. The molecule has 7 heterocycles. The number of nitrogens with zero attached hydrogens (tertiary/aromatic N) is 11. The molecule has 0 saturated carbocycles. The number of ether oxygens (including phenoxy) is 3. The number of aliphatic hydroxyl groups is 1. The second kappa shape index (κ2) is 23.8. The lowest BCUT2D eigenvalue weighted by atomic mass is 10.1. The number of benzene rings is 2. The Hall–Kier alpha value is -9.16. The highest BCUT2D eigenvalue weighted by Gasteiger charge is 2.32. The topological polar surface area (TPSA) is 307 Å². The zero-order valence-electron chi connectivity index (χ0n) is 44.4. The van der Waals surface area contributed by atoms with E-state index in [1.54, 1.807) is 65.3 Å². The summed E-state index contributed by atoms with van der Waals surface area (Å²) in [5.41, 5.74) is 5.31. The first-order valence-corrected chi connectivity index (χ1v) is 23.9. The van der Waals surface area contributed by atoms with Crippen LogP contribution in [0.4, 0.5) is 46.0 Å². The van der Waals surface area contributed by atoms with Gasteiger partial charge in [0, 0.05) is 62.1 Å². The van der Waals surface area contributed by atoms with Crippen molar-refractivity contribution < 1.29 is 28.9 Å². The minimum absolute atomic E-state index is 0.250. The fourth-order valence-electron chi connectivity index (χ4n) is 7.44. The standard InChI is InChI=1S/C26H31N9O3.C22H23N9O2.C4H8O/c1-15-10-22(31-16(2)30-15)33-21-11-20(18(12-28-21)25(36)27-5)32-19-9-7-8-17(23(19)38-6)24-29-14-35(34-24)13-26(3,4)37;1-12-8-19(28-13(2)27-12)30-18-9-17(15(10-24-18)22(32)23-3)29-16-7-5-6-14(20(16)33-4)21-25-11-26-31-21;1-4(2)3-5-4/h7-12,14,37H,13H2,1-6H3,(H,27,36)(H2,28,30,31,32,33);5-11H,1-4H3,(H,23,32)(H,25,26,31)(H2,24,27,28,29,30);3H2,1-2H3. The van der Waals surface area contributed by atoms with E-state index in [0.29, 0.717) is 97.5 Å². The molecule has 396 valence electrons. The third-order valence-corrected chi connectivity index (χ3v) is 10.9. The molecule has 0 unspecified atom stereocenters. The lowest BCUT2D eigenvalue weighted by Crippen LogP contribution is -2.26. The third kappa shape index (κ3) is 14.5. The summed E-state index contributed by atoms with van der Waals surface area (Å²) in [4.78, 5) is 59.9. The number of amides is 2. The second-order valence-electron chi connectivity index (χ2n) is 18.5. The molecule has 1 aliphatic heterocycles. The number of H-pyrrole nitrogens is 1. The molecule has 24 heteroatoms. The van der Waals surface area contributed by atoms with E-state index in [9.17, 15) is 14.7 Å². The van der Waals surface area contributed by atoms with Crippen molar-refractivity contribution in [2.45, 2.75) is 73.1 Å². The number of pyridine rings is 2. The predicted molar refractivity (Wildman–Crippen MR) is 288 cm³/mol. The maximum atomic E-state index is 12.6. The summed E-state index contributed by atoms with van der Waals surface area (Å²) < 4.78 is 17.9. The fourth-order valence-corrected chi connectivity index (χ4v) is 7.44. The average Bonchev–Trinajstić information content (AvgIpc) is 3.68. The van der Waals surface area contributed by atoms with Crippen LogP contribution in [-0.4, -0.2) is 123 Å². The van der Waals surface area contributed by atoms with Crippen LogP contribution in [-0.2, 0) is 11.3 Å². The molecule has 8 N–H and O–H groups in total. The number of hydrogen-bond acceptors (Lipinski definition) is 20. The van der Waals surface area contributed by atoms with Gasteiger partial charge in [-0.05, 0) is 79.7 Å². The van der Waals surface area contributed by atoms with Gasteiger partial charge in [-0.15, -0.1) is 0 Å². The molecule has 24 nitrogen and oxygen atoms in total. The first kappa shape index (κ1) is 54.6. The number of aromatic amines is 1. The van der Waals surface area contributed by atoms with Crippen LogP contribution in [0.3, 0.4) is 0 Å². The van der Waals surface area contributed by atoms with Gasteiger partial charge in [0.25, 0.3) is 11.8 Å². The molecule has 0 spiro atoms. The van der Waals surface area contributed by atoms with E-state index in [0.717, 1.165) is 23.6 Å². The van der Waals surface area contributed by atoms with E-state index in [1.807, 2.05) is 76.2 Å². The van der Waals surface area contributed by atoms with Crippen LogP contribution in [0.2, 0.25) is 0 Å². The summed E-state index contributed by atoms with van der Waals surface area (Å²) in [5, 5.41) is 39.6. The number of para-hydroxylation sites is 2. The molecular formula is C52H62N18O6. The Morgan fingerprint density at radius 3 is 1.61 bits per heavy atom. The monoisotopic (exact) mass is 1030 g/mol. The van der Waals surface area contributed by atoms with Gasteiger partial charge in [0.05, 0.1) is 83.6 Å². The lowest BCUT2D eigenvalue weighted by Gasteiger charge is -2.17. The molecule has 0 radical (unpaired) electrons. The van der Waals surface area contributed by atoms with Crippen LogP contribution in [0.1, 0.15) is 71.4 Å². The molecule has 8 aromatic rings. The molecule has 1 aliphatic rings. The van der Waals surface area contributed by atoms with Crippen LogP contribution in [0.5, 0.6) is 11.5 Å². The molecule has 9 rings (SSSR count). The van der Waals surface area contributed by atoms with Crippen LogP contribution in [0, 0.1) is 27.7 Å². The lowest BCUT2D eigenvalue weighted by molar-refractivity contribution is 0.0576. The van der Waals surface area contributed by atoms with E-state index in [-0.39, 0.29) is 24.0 Å². The Bertz CT molecular complexity index is 3270. The molecule has 6 aromatic heterocycles. The van der Waals surface area contributed by atoms with E-state index in [1.165, 1.54) is 18.7 Å². The Balaban J connectivity index is 0.000000204. The van der Waals surface area contributed by atoms with Crippen molar-refractivity contribution >= 4 is 57.8 Å². The minimum atomic E-state index is -0.940. The van der Waals surface area contributed by atoms with Gasteiger partial charge in [-0.3, -0.25) is 14.7 Å². The van der Waals surface area contributed by atoms with Crippen molar-refractivity contribution in [2.24, 2.45) is 0 Å². The zero-order valence-corrected chi connectivity index (χ0v) is 44.4. The van der Waals surface area contributed by atoms with Crippen molar-refractivity contribution in [3.05, 3.63) is 120 Å². The molecule has 0 atom stereocenters. The Labute approximate surface area is 439 Å². The van der Waals surface area contributed by atoms with Crippen molar-refractivity contribution in [1.29, 1.82) is 0 Å². The van der Waals surface area contributed by atoms with Gasteiger partial charge in [0.1, 0.15) is 47.6 Å². The van der Waals surface area contributed by atoms with E-state index in [4.69, 9.17) is 14.2 Å². The molecule has 2 amide bonds. The summed E-state index contributed by atoms with van der Waals surface area (Å²) in [7, 11) is 6.24. The van der Waals surface area contributed by atoms with E-state index >= 15 is 0 Å². The SMILES string of the molecule is CC1(C)CO1.CNC(=O)c1cnc(Nc2cc(C)nc(C)n2)cc1Nc1cccc(-c2ncn(CC(C)(C)O)n2)c1OC.CNC(=O)c1cnc(Nc2cc(C)nc(C)n2)cc1Nc1cccc(-c2ncn[nH]2)c1OC. The van der Waals surface area contributed by atoms with Gasteiger partial charge in [-0.25, -0.2) is 44.6 Å². The van der Waals surface area contributed by atoms with Gasteiger partial charge >= 0.3 is 0 Å². The van der Waals surface area contributed by atoms with Crippen LogP contribution < -0.4 is 41.4 Å². The summed E-state index contributed by atoms with van der Waals surface area (Å²) >= 11 is 0. The summed E-state index contributed by atoms with van der Waals surface area (Å²) in [6, 6.07) is 18.2. The molecule has 0 bridgehead atoms. The number of hydrogen-bond donors (Lipinski definition) is 8. The number of anilines is 8. The molecule has 76 heavy (non-hydrogen) atoms. The van der Waals surface area contributed by atoms with Crippen molar-refractivity contribution in [2.75, 3.05) is 56.2 Å². The van der Waals surface area contributed by atoms with Crippen LogP contribution >= 0.6 is 0 Å². The Morgan fingerprint density at radius 1 is 0.697 bits per heavy atom. The largest absolute Gasteiger partial charge is 0.494 e. The maximum Gasteiger partial charge on any atom is 0.254 e. The van der Waals surface area contributed by atoms with Gasteiger partial charge < -0.3 is 51.2 Å².